The topological polar surface area (TPSA) is 64.9 Å². The van der Waals surface area contributed by atoms with Gasteiger partial charge >= 0.3 is 0 Å². The molecule has 1 rings (SSSR count). The van der Waals surface area contributed by atoms with Gasteiger partial charge in [-0.25, -0.2) is 0 Å². The minimum atomic E-state index is 0.196. The Hall–Kier alpha value is -0.550. The van der Waals surface area contributed by atoms with Gasteiger partial charge in [-0.3, -0.25) is 0 Å². The summed E-state index contributed by atoms with van der Waals surface area (Å²) in [5, 5.41) is 4.03. The van der Waals surface area contributed by atoms with Crippen LogP contribution >= 0.6 is 11.8 Å². The third-order valence-corrected chi connectivity index (χ3v) is 3.92. The van der Waals surface area contributed by atoms with Gasteiger partial charge in [0, 0.05) is 6.54 Å². The number of thioether (sulfide) groups is 1. The van der Waals surface area contributed by atoms with Gasteiger partial charge in [0.05, 0.1) is 11.7 Å². The molecule has 1 aromatic heterocycles. The lowest BCUT2D eigenvalue weighted by molar-refractivity contribution is 0.332. The van der Waals surface area contributed by atoms with Crippen LogP contribution in [-0.4, -0.2) is 22.4 Å². The summed E-state index contributed by atoms with van der Waals surface area (Å²) >= 11 is 1.84. The van der Waals surface area contributed by atoms with Crippen molar-refractivity contribution in [3.63, 3.8) is 0 Å². The molecule has 4 nitrogen and oxygen atoms in total. The predicted molar refractivity (Wildman–Crippen MR) is 76.5 cm³/mol. The van der Waals surface area contributed by atoms with Crippen LogP contribution in [0.25, 0.3) is 0 Å². The molecule has 1 atom stereocenters. The van der Waals surface area contributed by atoms with E-state index < -0.39 is 0 Å². The summed E-state index contributed by atoms with van der Waals surface area (Å²) in [6.45, 7) is 9.35. The highest BCUT2D eigenvalue weighted by molar-refractivity contribution is 7.98. The summed E-state index contributed by atoms with van der Waals surface area (Å²) in [6, 6.07) is 0. The standard InChI is InChI=1S/C13H25N3OS/c1-9(2)5-11(6-14)13-15-12(16-17-13)8-18-7-10(3)4/h9-11H,5-8,14H2,1-4H3. The first-order chi connectivity index (χ1) is 8.52. The van der Waals surface area contributed by atoms with E-state index >= 15 is 0 Å². The van der Waals surface area contributed by atoms with E-state index in [0.717, 1.165) is 23.8 Å². The fourth-order valence-corrected chi connectivity index (χ4v) is 2.63. The Morgan fingerprint density at radius 2 is 1.94 bits per heavy atom. The summed E-state index contributed by atoms with van der Waals surface area (Å²) < 4.78 is 5.32. The predicted octanol–water partition coefficient (Wildman–Crippen LogP) is 3.05. The average molecular weight is 271 g/mol. The summed E-state index contributed by atoms with van der Waals surface area (Å²) in [6.07, 6.45) is 0.997. The van der Waals surface area contributed by atoms with Gasteiger partial charge in [-0.1, -0.05) is 32.9 Å². The van der Waals surface area contributed by atoms with Crippen molar-refractivity contribution >= 4 is 11.8 Å². The molecule has 1 heterocycles. The van der Waals surface area contributed by atoms with Crippen molar-refractivity contribution < 1.29 is 4.52 Å². The smallest absolute Gasteiger partial charge is 0.231 e. The lowest BCUT2D eigenvalue weighted by Gasteiger charge is -2.11. The molecule has 5 heteroatoms. The summed E-state index contributed by atoms with van der Waals surface area (Å²) in [5.41, 5.74) is 5.77. The fourth-order valence-electron chi connectivity index (χ4n) is 1.74. The van der Waals surface area contributed by atoms with Crippen LogP contribution in [0.3, 0.4) is 0 Å². The van der Waals surface area contributed by atoms with Crippen LogP contribution in [0.4, 0.5) is 0 Å². The maximum absolute atomic E-state index is 5.77. The van der Waals surface area contributed by atoms with Crippen molar-refractivity contribution in [2.45, 2.75) is 45.8 Å². The van der Waals surface area contributed by atoms with Crippen LogP contribution in [0.5, 0.6) is 0 Å². The number of rotatable bonds is 8. The van der Waals surface area contributed by atoms with Crippen molar-refractivity contribution in [2.24, 2.45) is 17.6 Å². The molecule has 0 aromatic carbocycles. The highest BCUT2D eigenvalue weighted by Crippen LogP contribution is 2.22. The molecule has 0 amide bonds. The van der Waals surface area contributed by atoms with Gasteiger partial charge in [0.15, 0.2) is 5.82 Å². The van der Waals surface area contributed by atoms with Crippen LogP contribution in [0.15, 0.2) is 4.52 Å². The molecule has 0 aliphatic carbocycles. The van der Waals surface area contributed by atoms with Crippen LogP contribution in [0.1, 0.15) is 51.7 Å². The van der Waals surface area contributed by atoms with Crippen LogP contribution in [-0.2, 0) is 5.75 Å². The fraction of sp³-hybridized carbons (Fsp3) is 0.846. The van der Waals surface area contributed by atoms with E-state index in [1.54, 1.807) is 0 Å². The lowest BCUT2D eigenvalue weighted by Crippen LogP contribution is -2.15. The third-order valence-electron chi connectivity index (χ3n) is 2.56. The first-order valence-electron chi connectivity index (χ1n) is 6.63. The Balaban J connectivity index is 2.50. The zero-order valence-corrected chi connectivity index (χ0v) is 12.7. The molecule has 18 heavy (non-hydrogen) atoms. The third kappa shape index (κ3) is 5.40. The summed E-state index contributed by atoms with van der Waals surface area (Å²) in [7, 11) is 0. The largest absolute Gasteiger partial charge is 0.339 e. The van der Waals surface area contributed by atoms with E-state index in [0.29, 0.717) is 24.3 Å². The Kier molecular flexibility index (Phi) is 6.71. The number of hydrogen-bond donors (Lipinski definition) is 1. The zero-order chi connectivity index (χ0) is 13.5. The van der Waals surface area contributed by atoms with Crippen molar-refractivity contribution in [1.82, 2.24) is 10.1 Å². The van der Waals surface area contributed by atoms with E-state index in [4.69, 9.17) is 10.3 Å². The molecule has 0 spiro atoms. The normalized spacial score (nSPS) is 13.5. The van der Waals surface area contributed by atoms with E-state index in [1.165, 1.54) is 0 Å². The van der Waals surface area contributed by atoms with Crippen molar-refractivity contribution in [2.75, 3.05) is 12.3 Å². The second kappa shape index (κ2) is 7.79. The van der Waals surface area contributed by atoms with Gasteiger partial charge in [0.1, 0.15) is 0 Å². The molecule has 0 aliphatic rings. The number of nitrogens with two attached hydrogens (primary N) is 1. The minimum Gasteiger partial charge on any atom is -0.339 e. The molecule has 104 valence electrons. The molecule has 0 radical (unpaired) electrons. The summed E-state index contributed by atoms with van der Waals surface area (Å²) in [5.74, 6) is 4.91. The van der Waals surface area contributed by atoms with Crippen LogP contribution in [0, 0.1) is 11.8 Å². The van der Waals surface area contributed by atoms with Gasteiger partial charge in [0.25, 0.3) is 0 Å². The maximum atomic E-state index is 5.77. The average Bonchev–Trinajstić information content (AvgIpc) is 2.73. The molecule has 2 N–H and O–H groups in total. The molecule has 1 aromatic rings. The Labute approximate surface area is 114 Å². The van der Waals surface area contributed by atoms with E-state index in [9.17, 15) is 0 Å². The van der Waals surface area contributed by atoms with Gasteiger partial charge in [0.2, 0.25) is 5.89 Å². The molecule has 0 fully saturated rings. The van der Waals surface area contributed by atoms with Gasteiger partial charge < -0.3 is 10.3 Å². The second-order valence-electron chi connectivity index (χ2n) is 5.52. The molecule has 0 saturated carbocycles. The van der Waals surface area contributed by atoms with Crippen molar-refractivity contribution in [1.29, 1.82) is 0 Å². The highest BCUT2D eigenvalue weighted by Gasteiger charge is 2.18. The van der Waals surface area contributed by atoms with Gasteiger partial charge in [-0.2, -0.15) is 16.7 Å². The number of nitrogens with zero attached hydrogens (tertiary/aromatic N) is 2. The van der Waals surface area contributed by atoms with Crippen LogP contribution < -0.4 is 5.73 Å². The van der Waals surface area contributed by atoms with Crippen LogP contribution in [0.2, 0.25) is 0 Å². The Bertz CT molecular complexity index is 339. The molecular formula is C13H25N3OS. The monoisotopic (exact) mass is 271 g/mol. The summed E-state index contributed by atoms with van der Waals surface area (Å²) in [4.78, 5) is 4.45. The Morgan fingerprint density at radius 3 is 2.50 bits per heavy atom. The van der Waals surface area contributed by atoms with Gasteiger partial charge in [-0.05, 0) is 24.0 Å². The number of hydrogen-bond acceptors (Lipinski definition) is 5. The first-order valence-corrected chi connectivity index (χ1v) is 7.78. The quantitative estimate of drug-likeness (QED) is 0.787. The van der Waals surface area contributed by atoms with E-state index in [1.807, 2.05) is 11.8 Å². The first kappa shape index (κ1) is 15.5. The van der Waals surface area contributed by atoms with E-state index in [2.05, 4.69) is 37.8 Å². The molecule has 1 unspecified atom stereocenters. The maximum Gasteiger partial charge on any atom is 0.231 e. The van der Waals surface area contributed by atoms with Crippen molar-refractivity contribution in [3.8, 4) is 0 Å². The SMILES string of the molecule is CC(C)CSCc1noc(C(CN)CC(C)C)n1. The minimum absolute atomic E-state index is 0.196. The molecule has 0 bridgehead atoms. The van der Waals surface area contributed by atoms with Crippen molar-refractivity contribution in [3.05, 3.63) is 11.7 Å². The highest BCUT2D eigenvalue weighted by atomic mass is 32.2. The van der Waals surface area contributed by atoms with E-state index in [-0.39, 0.29) is 5.92 Å². The van der Waals surface area contributed by atoms with Gasteiger partial charge in [-0.15, -0.1) is 0 Å². The zero-order valence-electron chi connectivity index (χ0n) is 11.8. The molecule has 0 aliphatic heterocycles. The molecular weight excluding hydrogens is 246 g/mol. The Morgan fingerprint density at radius 1 is 1.22 bits per heavy atom. The lowest BCUT2D eigenvalue weighted by atomic mass is 9.97. The number of aromatic nitrogens is 2. The molecule has 0 saturated heterocycles. The second-order valence-corrected chi connectivity index (χ2v) is 6.55.